The van der Waals surface area contributed by atoms with Crippen molar-refractivity contribution >= 4 is 40.2 Å². The molecule has 0 spiro atoms. The average molecular weight is 388 g/mol. The van der Waals surface area contributed by atoms with Crippen LogP contribution in [0.1, 0.15) is 21.8 Å². The molecule has 0 fully saturated rings. The highest BCUT2D eigenvalue weighted by Gasteiger charge is 2.28. The number of anilines is 1. The number of carbonyl (C=O) groups is 2. The topological polar surface area (TPSA) is 105 Å². The van der Waals surface area contributed by atoms with E-state index in [4.69, 9.17) is 26.0 Å². The molecular formula is C18H14ClN3O5. The van der Waals surface area contributed by atoms with Crippen molar-refractivity contribution < 1.29 is 24.0 Å². The van der Waals surface area contributed by atoms with Crippen molar-refractivity contribution in [3.8, 4) is 5.75 Å². The Morgan fingerprint density at radius 3 is 2.96 bits per heavy atom. The summed E-state index contributed by atoms with van der Waals surface area (Å²) in [5.74, 6) is -0.229. The van der Waals surface area contributed by atoms with Gasteiger partial charge in [0.25, 0.3) is 11.8 Å². The average Bonchev–Trinajstić information content (AvgIpc) is 3.04. The minimum atomic E-state index is -0.692. The summed E-state index contributed by atoms with van der Waals surface area (Å²) in [6.07, 6.45) is 0. The second-order valence-electron chi connectivity index (χ2n) is 6.07. The summed E-state index contributed by atoms with van der Waals surface area (Å²) in [4.78, 5) is 29.9. The van der Waals surface area contributed by atoms with E-state index in [-0.39, 0.29) is 24.6 Å². The molecule has 1 aliphatic rings. The van der Waals surface area contributed by atoms with Crippen LogP contribution in [0.2, 0.25) is 5.02 Å². The predicted molar refractivity (Wildman–Crippen MR) is 96.1 cm³/mol. The fraction of sp³-hybridized carbons (Fsp3) is 0.167. The number of hydrogen-bond donors (Lipinski definition) is 2. The van der Waals surface area contributed by atoms with Crippen molar-refractivity contribution in [2.24, 2.45) is 0 Å². The third-order valence-electron chi connectivity index (χ3n) is 4.27. The van der Waals surface area contributed by atoms with Crippen molar-refractivity contribution in [1.82, 2.24) is 10.5 Å². The lowest BCUT2D eigenvalue weighted by Crippen LogP contribution is -2.38. The predicted octanol–water partition coefficient (Wildman–Crippen LogP) is 2.83. The highest BCUT2D eigenvalue weighted by Crippen LogP contribution is 2.34. The Bertz CT molecular complexity index is 1040. The van der Waals surface area contributed by atoms with Crippen LogP contribution >= 0.6 is 11.6 Å². The summed E-state index contributed by atoms with van der Waals surface area (Å²) in [5, 5.41) is 9.40. The van der Waals surface area contributed by atoms with Crippen molar-refractivity contribution in [1.29, 1.82) is 0 Å². The number of fused-ring (bicyclic) bond motifs is 2. The maximum absolute atomic E-state index is 12.4. The molecule has 0 saturated heterocycles. The van der Waals surface area contributed by atoms with Gasteiger partial charge in [-0.05, 0) is 42.8 Å². The zero-order valence-electron chi connectivity index (χ0n) is 14.2. The lowest BCUT2D eigenvalue weighted by Gasteiger charge is -2.28. The van der Waals surface area contributed by atoms with E-state index >= 15 is 0 Å². The molecule has 0 radical (unpaired) electrons. The molecule has 0 unspecified atom stereocenters. The van der Waals surface area contributed by atoms with Gasteiger partial charge in [0.05, 0.1) is 5.69 Å². The molecule has 1 aromatic heterocycles. The van der Waals surface area contributed by atoms with E-state index < -0.39 is 5.91 Å². The van der Waals surface area contributed by atoms with Gasteiger partial charge in [-0.15, -0.1) is 0 Å². The van der Waals surface area contributed by atoms with Crippen molar-refractivity contribution in [3.63, 3.8) is 0 Å². The molecule has 9 heteroatoms. The molecule has 1 aliphatic heterocycles. The number of aromatic nitrogens is 1. The number of nitrogens with one attached hydrogen (secondary N) is 1. The summed E-state index contributed by atoms with van der Waals surface area (Å²) in [7, 11) is 0. The highest BCUT2D eigenvalue weighted by molar-refractivity contribution is 6.32. The number of ether oxygens (including phenoxy) is 1. The number of halogens is 1. The van der Waals surface area contributed by atoms with Gasteiger partial charge in [-0.2, -0.15) is 0 Å². The van der Waals surface area contributed by atoms with Crippen LogP contribution in [0.15, 0.2) is 34.7 Å². The van der Waals surface area contributed by atoms with Crippen molar-refractivity contribution in [3.05, 3.63) is 52.4 Å². The van der Waals surface area contributed by atoms with E-state index in [1.807, 2.05) is 6.92 Å². The standard InChI is InChI=1S/C18H14ClN3O5/c1-9-4-15-12(6-11(9)19)20-16(27-15)7-22-13-5-10(18(24)21-25)2-3-14(13)26-8-17(22)23/h2-6,25H,7-8H2,1H3,(H,21,24). The number of benzene rings is 2. The van der Waals surface area contributed by atoms with Crippen LogP contribution in [0.25, 0.3) is 11.1 Å². The molecule has 27 heavy (non-hydrogen) atoms. The molecule has 0 aliphatic carbocycles. The second kappa shape index (κ2) is 6.57. The van der Waals surface area contributed by atoms with E-state index in [1.165, 1.54) is 17.0 Å². The normalized spacial score (nSPS) is 13.4. The van der Waals surface area contributed by atoms with Crippen LogP contribution in [0.3, 0.4) is 0 Å². The summed E-state index contributed by atoms with van der Waals surface area (Å²) < 4.78 is 11.2. The third-order valence-corrected chi connectivity index (χ3v) is 4.68. The largest absolute Gasteiger partial charge is 0.482 e. The van der Waals surface area contributed by atoms with Gasteiger partial charge in [0.1, 0.15) is 17.8 Å². The Morgan fingerprint density at radius 1 is 1.37 bits per heavy atom. The summed E-state index contributed by atoms with van der Waals surface area (Å²) in [5.41, 5.74) is 4.16. The fourth-order valence-corrected chi connectivity index (χ4v) is 3.04. The number of carbonyl (C=O) groups excluding carboxylic acids is 2. The van der Waals surface area contributed by atoms with Crippen LogP contribution in [0, 0.1) is 6.92 Å². The van der Waals surface area contributed by atoms with Gasteiger partial charge in [0.15, 0.2) is 12.2 Å². The smallest absolute Gasteiger partial charge is 0.274 e. The number of hydrogen-bond acceptors (Lipinski definition) is 6. The fourth-order valence-electron chi connectivity index (χ4n) is 2.88. The first-order valence-corrected chi connectivity index (χ1v) is 8.41. The van der Waals surface area contributed by atoms with E-state index in [2.05, 4.69) is 4.98 Å². The van der Waals surface area contributed by atoms with Crippen LogP contribution in [-0.2, 0) is 11.3 Å². The van der Waals surface area contributed by atoms with Crippen LogP contribution in [-0.4, -0.2) is 28.6 Å². The SMILES string of the molecule is Cc1cc2oc(CN3C(=O)COc4ccc(C(=O)NO)cc43)nc2cc1Cl. The number of nitrogens with zero attached hydrogens (tertiary/aromatic N) is 2. The first-order chi connectivity index (χ1) is 13.0. The summed E-state index contributed by atoms with van der Waals surface area (Å²) in [6.45, 7) is 1.79. The van der Waals surface area contributed by atoms with E-state index in [9.17, 15) is 9.59 Å². The van der Waals surface area contributed by atoms with Gasteiger partial charge >= 0.3 is 0 Å². The summed E-state index contributed by atoms with van der Waals surface area (Å²) >= 11 is 6.12. The summed E-state index contributed by atoms with van der Waals surface area (Å²) in [6, 6.07) is 8.00. The van der Waals surface area contributed by atoms with Gasteiger partial charge in [0, 0.05) is 10.6 Å². The molecule has 2 aromatic carbocycles. The van der Waals surface area contributed by atoms with Crippen molar-refractivity contribution in [2.45, 2.75) is 13.5 Å². The molecule has 0 bridgehead atoms. The number of hydroxylamine groups is 1. The number of amides is 2. The molecule has 3 aromatic rings. The molecule has 8 nitrogen and oxygen atoms in total. The van der Waals surface area contributed by atoms with Crippen LogP contribution in [0.4, 0.5) is 5.69 Å². The zero-order chi connectivity index (χ0) is 19.1. The Morgan fingerprint density at radius 2 is 2.19 bits per heavy atom. The Hall–Kier alpha value is -3.10. The van der Waals surface area contributed by atoms with Gasteiger partial charge < -0.3 is 9.15 Å². The number of rotatable bonds is 3. The Kier molecular flexibility index (Phi) is 4.21. The molecular weight excluding hydrogens is 374 g/mol. The molecule has 0 atom stereocenters. The molecule has 4 rings (SSSR count). The number of aryl methyl sites for hydroxylation is 1. The van der Waals surface area contributed by atoms with Gasteiger partial charge in [-0.1, -0.05) is 11.6 Å². The minimum absolute atomic E-state index is 0.0603. The number of oxazole rings is 1. The lowest BCUT2D eigenvalue weighted by atomic mass is 10.1. The van der Waals surface area contributed by atoms with E-state index in [1.54, 1.807) is 23.7 Å². The van der Waals surface area contributed by atoms with Gasteiger partial charge in [-0.3, -0.25) is 19.7 Å². The maximum atomic E-state index is 12.4. The minimum Gasteiger partial charge on any atom is -0.482 e. The Labute approximate surface area is 158 Å². The quantitative estimate of drug-likeness (QED) is 0.529. The van der Waals surface area contributed by atoms with Crippen LogP contribution in [0.5, 0.6) is 5.75 Å². The lowest BCUT2D eigenvalue weighted by molar-refractivity contribution is -0.121. The highest BCUT2D eigenvalue weighted by atomic mass is 35.5. The Balaban J connectivity index is 1.72. The zero-order valence-corrected chi connectivity index (χ0v) is 14.9. The third kappa shape index (κ3) is 3.09. The van der Waals surface area contributed by atoms with Crippen LogP contribution < -0.4 is 15.1 Å². The molecule has 0 saturated carbocycles. The van der Waals surface area contributed by atoms with E-state index in [0.29, 0.717) is 33.4 Å². The maximum Gasteiger partial charge on any atom is 0.274 e. The first-order valence-electron chi connectivity index (χ1n) is 8.03. The first kappa shape index (κ1) is 17.3. The monoisotopic (exact) mass is 387 g/mol. The van der Waals surface area contributed by atoms with Gasteiger partial charge in [0.2, 0.25) is 5.89 Å². The molecule has 138 valence electrons. The van der Waals surface area contributed by atoms with Gasteiger partial charge in [-0.25, -0.2) is 10.5 Å². The molecule has 2 amide bonds. The molecule has 2 heterocycles. The second-order valence-corrected chi connectivity index (χ2v) is 6.48. The molecule has 2 N–H and O–H groups in total. The van der Waals surface area contributed by atoms with Crippen molar-refractivity contribution in [2.75, 3.05) is 11.5 Å². The van der Waals surface area contributed by atoms with E-state index in [0.717, 1.165) is 5.56 Å².